The van der Waals surface area contributed by atoms with Crippen molar-refractivity contribution < 1.29 is 9.53 Å². The van der Waals surface area contributed by atoms with Crippen LogP contribution >= 0.6 is 0 Å². The van der Waals surface area contributed by atoms with Gasteiger partial charge in [0.1, 0.15) is 5.75 Å². The molecule has 0 atom stereocenters. The number of para-hydroxylation sites is 1. The highest BCUT2D eigenvalue weighted by molar-refractivity contribution is 5.75. The number of nitrogens with one attached hydrogen (secondary N) is 2. The zero-order valence-corrected chi connectivity index (χ0v) is 11.9. The van der Waals surface area contributed by atoms with Crippen LogP contribution in [-0.4, -0.2) is 32.7 Å². The predicted molar refractivity (Wildman–Crippen MR) is 77.5 cm³/mol. The molecule has 106 valence electrons. The first-order valence-electron chi connectivity index (χ1n) is 6.83. The van der Waals surface area contributed by atoms with E-state index in [1.54, 1.807) is 0 Å². The first-order valence-corrected chi connectivity index (χ1v) is 6.83. The Labute approximate surface area is 115 Å². The summed E-state index contributed by atoms with van der Waals surface area (Å²) in [6.45, 7) is 4.20. The Bertz CT molecular complexity index is 380. The van der Waals surface area contributed by atoms with Gasteiger partial charge in [0.05, 0.1) is 6.61 Å². The summed E-state index contributed by atoms with van der Waals surface area (Å²) in [6, 6.07) is 7.95. The largest absolute Gasteiger partial charge is 0.493 e. The van der Waals surface area contributed by atoms with Crippen LogP contribution < -0.4 is 15.4 Å². The van der Waals surface area contributed by atoms with E-state index in [0.29, 0.717) is 19.6 Å². The molecule has 2 N–H and O–H groups in total. The van der Waals surface area contributed by atoms with E-state index in [1.165, 1.54) is 0 Å². The van der Waals surface area contributed by atoms with Crippen molar-refractivity contribution in [3.63, 3.8) is 0 Å². The number of benzene rings is 1. The molecule has 0 unspecified atom stereocenters. The normalized spacial score (nSPS) is 10.2. The first kappa shape index (κ1) is 15.5. The van der Waals surface area contributed by atoms with Gasteiger partial charge >= 0.3 is 0 Å². The Morgan fingerprint density at radius 2 is 2.00 bits per heavy atom. The molecule has 1 rings (SSSR count). The fourth-order valence-electron chi connectivity index (χ4n) is 1.71. The third-order valence-corrected chi connectivity index (χ3v) is 2.83. The maximum Gasteiger partial charge on any atom is 0.220 e. The van der Waals surface area contributed by atoms with Crippen LogP contribution in [-0.2, 0) is 4.79 Å². The SMILES string of the molecule is CNCCCC(=O)NCCCOc1ccccc1C. The summed E-state index contributed by atoms with van der Waals surface area (Å²) in [7, 11) is 1.89. The number of aryl methyl sites for hydroxylation is 1. The number of rotatable bonds is 9. The molecule has 0 heterocycles. The summed E-state index contributed by atoms with van der Waals surface area (Å²) in [4.78, 5) is 11.4. The Morgan fingerprint density at radius 3 is 2.74 bits per heavy atom. The highest BCUT2D eigenvalue weighted by Crippen LogP contribution is 2.15. The Kier molecular flexibility index (Phi) is 7.66. The molecule has 0 spiro atoms. The molecule has 1 aromatic carbocycles. The van der Waals surface area contributed by atoms with E-state index in [0.717, 1.165) is 30.7 Å². The number of carbonyl (C=O) groups is 1. The fourth-order valence-corrected chi connectivity index (χ4v) is 1.71. The molecule has 0 saturated carbocycles. The van der Waals surface area contributed by atoms with E-state index in [4.69, 9.17) is 4.74 Å². The molecule has 0 aliphatic heterocycles. The lowest BCUT2D eigenvalue weighted by atomic mass is 10.2. The monoisotopic (exact) mass is 264 g/mol. The van der Waals surface area contributed by atoms with Crippen LogP contribution in [0.5, 0.6) is 5.75 Å². The Balaban J connectivity index is 2.05. The molecule has 4 nitrogen and oxygen atoms in total. The molecule has 0 fully saturated rings. The van der Waals surface area contributed by atoms with Gasteiger partial charge in [-0.15, -0.1) is 0 Å². The first-order chi connectivity index (χ1) is 9.24. The van der Waals surface area contributed by atoms with Crippen molar-refractivity contribution >= 4 is 5.91 Å². The number of amides is 1. The van der Waals surface area contributed by atoms with Crippen molar-refractivity contribution in [3.05, 3.63) is 29.8 Å². The van der Waals surface area contributed by atoms with Gasteiger partial charge in [0, 0.05) is 13.0 Å². The molecule has 0 bridgehead atoms. The summed E-state index contributed by atoms with van der Waals surface area (Å²) < 4.78 is 5.66. The molecular weight excluding hydrogens is 240 g/mol. The lowest BCUT2D eigenvalue weighted by Crippen LogP contribution is -2.26. The summed E-state index contributed by atoms with van der Waals surface area (Å²) in [5.41, 5.74) is 1.14. The second kappa shape index (κ2) is 9.39. The minimum atomic E-state index is 0.117. The molecule has 1 amide bonds. The summed E-state index contributed by atoms with van der Waals surface area (Å²) in [6.07, 6.45) is 2.29. The van der Waals surface area contributed by atoms with Crippen LogP contribution in [0, 0.1) is 6.92 Å². The molecule has 0 aliphatic carbocycles. The van der Waals surface area contributed by atoms with Crippen LogP contribution in [0.2, 0.25) is 0 Å². The van der Waals surface area contributed by atoms with Crippen molar-refractivity contribution in [2.24, 2.45) is 0 Å². The van der Waals surface area contributed by atoms with Gasteiger partial charge < -0.3 is 15.4 Å². The van der Waals surface area contributed by atoms with Gasteiger partial charge in [-0.05, 0) is 45.0 Å². The van der Waals surface area contributed by atoms with Gasteiger partial charge in [0.2, 0.25) is 5.91 Å². The summed E-state index contributed by atoms with van der Waals surface area (Å²) >= 11 is 0. The predicted octanol–water partition coefficient (Wildman–Crippen LogP) is 1.88. The van der Waals surface area contributed by atoms with Crippen molar-refractivity contribution in [3.8, 4) is 5.75 Å². The number of hydrogen-bond donors (Lipinski definition) is 2. The maximum atomic E-state index is 11.4. The lowest BCUT2D eigenvalue weighted by molar-refractivity contribution is -0.121. The molecule has 19 heavy (non-hydrogen) atoms. The zero-order chi connectivity index (χ0) is 13.9. The van der Waals surface area contributed by atoms with E-state index in [9.17, 15) is 4.79 Å². The van der Waals surface area contributed by atoms with Crippen molar-refractivity contribution in [1.29, 1.82) is 0 Å². The molecule has 0 aromatic heterocycles. The van der Waals surface area contributed by atoms with E-state index in [-0.39, 0.29) is 5.91 Å². The van der Waals surface area contributed by atoms with Gasteiger partial charge in [-0.1, -0.05) is 18.2 Å². The quantitative estimate of drug-likeness (QED) is 0.670. The van der Waals surface area contributed by atoms with Crippen LogP contribution in [0.3, 0.4) is 0 Å². The minimum Gasteiger partial charge on any atom is -0.493 e. The van der Waals surface area contributed by atoms with Crippen molar-refractivity contribution in [2.45, 2.75) is 26.2 Å². The fraction of sp³-hybridized carbons (Fsp3) is 0.533. The van der Waals surface area contributed by atoms with Gasteiger partial charge in [-0.2, -0.15) is 0 Å². The number of carbonyl (C=O) groups excluding carboxylic acids is 1. The van der Waals surface area contributed by atoms with E-state index >= 15 is 0 Å². The minimum absolute atomic E-state index is 0.117. The Hall–Kier alpha value is -1.55. The highest BCUT2D eigenvalue weighted by Gasteiger charge is 2.00. The Morgan fingerprint density at radius 1 is 1.21 bits per heavy atom. The van der Waals surface area contributed by atoms with Gasteiger partial charge in [-0.25, -0.2) is 0 Å². The van der Waals surface area contributed by atoms with Crippen LogP contribution in [0.4, 0.5) is 0 Å². The lowest BCUT2D eigenvalue weighted by Gasteiger charge is -2.09. The second-order valence-electron chi connectivity index (χ2n) is 4.52. The van der Waals surface area contributed by atoms with Crippen LogP contribution in [0.25, 0.3) is 0 Å². The third-order valence-electron chi connectivity index (χ3n) is 2.83. The van der Waals surface area contributed by atoms with Crippen LogP contribution in [0.1, 0.15) is 24.8 Å². The standard InChI is InChI=1S/C15H24N2O2/c1-13-7-3-4-8-14(13)19-12-6-11-17-15(18)9-5-10-16-2/h3-4,7-8,16H,5-6,9-12H2,1-2H3,(H,17,18). The number of ether oxygens (including phenoxy) is 1. The molecule has 0 radical (unpaired) electrons. The van der Waals surface area contributed by atoms with E-state index in [2.05, 4.69) is 10.6 Å². The maximum absolute atomic E-state index is 11.4. The second-order valence-corrected chi connectivity index (χ2v) is 4.52. The van der Waals surface area contributed by atoms with E-state index < -0.39 is 0 Å². The average molecular weight is 264 g/mol. The highest BCUT2D eigenvalue weighted by atomic mass is 16.5. The molecule has 0 aliphatic rings. The summed E-state index contributed by atoms with van der Waals surface area (Å²) in [5.74, 6) is 1.04. The van der Waals surface area contributed by atoms with E-state index in [1.807, 2.05) is 38.2 Å². The average Bonchev–Trinajstić information content (AvgIpc) is 2.41. The topological polar surface area (TPSA) is 50.4 Å². The van der Waals surface area contributed by atoms with Crippen LogP contribution in [0.15, 0.2) is 24.3 Å². The molecule has 0 saturated heterocycles. The molecule has 1 aromatic rings. The molecular formula is C15H24N2O2. The van der Waals surface area contributed by atoms with Gasteiger partial charge in [-0.3, -0.25) is 4.79 Å². The van der Waals surface area contributed by atoms with Crippen molar-refractivity contribution in [1.82, 2.24) is 10.6 Å². The van der Waals surface area contributed by atoms with Gasteiger partial charge in [0.15, 0.2) is 0 Å². The van der Waals surface area contributed by atoms with Gasteiger partial charge in [0.25, 0.3) is 0 Å². The number of hydrogen-bond acceptors (Lipinski definition) is 3. The zero-order valence-electron chi connectivity index (χ0n) is 11.9. The summed E-state index contributed by atoms with van der Waals surface area (Å²) in [5, 5.41) is 5.92. The smallest absolute Gasteiger partial charge is 0.220 e. The molecule has 4 heteroatoms. The third kappa shape index (κ3) is 6.82. The van der Waals surface area contributed by atoms with Crippen molar-refractivity contribution in [2.75, 3.05) is 26.7 Å².